The molecular weight excluding hydrogens is 739 g/mol. The molecule has 0 saturated carbocycles. The van der Waals surface area contributed by atoms with Gasteiger partial charge >= 0.3 is 31.6 Å². The number of carbonyl (C=O) groups excluding carboxylic acids is 4. The summed E-state index contributed by atoms with van der Waals surface area (Å²) in [5.74, 6) is -3.65. The number of nitrogens with one attached hydrogen (secondary N) is 1. The monoisotopic (exact) mass is 790 g/mol. The second kappa shape index (κ2) is 17.5. The van der Waals surface area contributed by atoms with Crippen LogP contribution in [0.2, 0.25) is 0 Å². The number of anilines is 1. The van der Waals surface area contributed by atoms with Crippen LogP contribution in [-0.2, 0) is 64.0 Å². The number of nitrogens with two attached hydrogens (primary N) is 2. The Morgan fingerprint density at radius 2 is 1.64 bits per heavy atom. The zero-order chi connectivity index (χ0) is 40.9. The first kappa shape index (κ1) is 43.1. The van der Waals surface area contributed by atoms with Crippen molar-refractivity contribution in [2.75, 3.05) is 26.1 Å². The molecule has 6 atom stereocenters. The number of hydrogen-bond acceptors (Lipinski definition) is 16. The van der Waals surface area contributed by atoms with Crippen molar-refractivity contribution in [2.45, 2.75) is 97.3 Å². The fourth-order valence-corrected chi connectivity index (χ4v) is 7.26. The highest BCUT2D eigenvalue weighted by Gasteiger charge is 2.64. The summed E-state index contributed by atoms with van der Waals surface area (Å²) in [6.07, 6.45) is -0.375. The van der Waals surface area contributed by atoms with Gasteiger partial charge in [-0.3, -0.25) is 23.7 Å². The van der Waals surface area contributed by atoms with E-state index >= 15 is 0 Å². The Labute approximate surface area is 319 Å². The lowest BCUT2D eigenvalue weighted by Crippen LogP contribution is -2.55. The number of ether oxygens (including phenoxy) is 5. The normalized spacial score (nSPS) is 21.9. The molecule has 1 saturated heterocycles. The van der Waals surface area contributed by atoms with E-state index < -0.39 is 79.5 Å². The zero-order valence-electron chi connectivity index (χ0n) is 32.5. The Morgan fingerprint density at radius 3 is 2.24 bits per heavy atom. The number of carbonyl (C=O) groups is 4. The van der Waals surface area contributed by atoms with Crippen LogP contribution in [0.5, 0.6) is 5.75 Å². The Hall–Kier alpha value is -4.61. The van der Waals surface area contributed by atoms with E-state index in [1.54, 1.807) is 65.8 Å². The largest absolute Gasteiger partial charge is 0.468 e. The lowest BCUT2D eigenvalue weighted by Gasteiger charge is -2.38. The lowest BCUT2D eigenvalue weighted by molar-refractivity contribution is -0.193. The van der Waals surface area contributed by atoms with Crippen LogP contribution >= 0.6 is 7.75 Å². The van der Waals surface area contributed by atoms with Gasteiger partial charge in [0.1, 0.15) is 35.3 Å². The molecule has 0 unspecified atom stereocenters. The van der Waals surface area contributed by atoms with Crippen molar-refractivity contribution < 1.29 is 56.5 Å². The average Bonchev–Trinajstić information content (AvgIpc) is 3.68. The molecule has 1 aliphatic rings. The second-order valence-electron chi connectivity index (χ2n) is 14.4. The summed E-state index contributed by atoms with van der Waals surface area (Å²) < 4.78 is 56.5. The third kappa shape index (κ3) is 9.99. The molecule has 3 heterocycles. The maximum atomic E-state index is 14.5. The smallest absolute Gasteiger partial charge is 0.459 e. The maximum Gasteiger partial charge on any atom is 0.459 e. The van der Waals surface area contributed by atoms with E-state index in [0.29, 0.717) is 11.1 Å². The first-order valence-corrected chi connectivity index (χ1v) is 19.3. The molecule has 55 heavy (non-hydrogen) atoms. The summed E-state index contributed by atoms with van der Waals surface area (Å²) in [4.78, 5) is 55.5. The minimum Gasteiger partial charge on any atom is -0.468 e. The number of aromatic nitrogens is 3. The number of esters is 4. The second-order valence-corrected chi connectivity index (χ2v) is 16.1. The molecule has 0 aliphatic carbocycles. The highest BCUT2D eigenvalue weighted by Crippen LogP contribution is 2.51. The van der Waals surface area contributed by atoms with Crippen LogP contribution in [-0.4, -0.2) is 88.7 Å². The Kier molecular flexibility index (Phi) is 13.7. The van der Waals surface area contributed by atoms with Gasteiger partial charge in [0.05, 0.1) is 44.0 Å². The van der Waals surface area contributed by atoms with Gasteiger partial charge in [-0.05, 0) is 63.9 Å². The molecule has 1 aromatic carbocycles. The molecule has 0 radical (unpaired) electrons. The summed E-state index contributed by atoms with van der Waals surface area (Å²) >= 11 is 0. The number of methoxy groups -OCH3 is 1. The molecule has 1 fully saturated rings. The molecule has 0 amide bonds. The summed E-state index contributed by atoms with van der Waals surface area (Å²) in [7, 11) is -3.36. The number of rotatable bonds is 17. The molecular formula is C36H51N6O12P. The van der Waals surface area contributed by atoms with Gasteiger partial charge in [0.2, 0.25) is 5.60 Å². The van der Waals surface area contributed by atoms with Crippen molar-refractivity contribution in [3.8, 4) is 5.75 Å². The molecule has 0 bridgehead atoms. The quantitative estimate of drug-likeness (QED) is 0.101. The van der Waals surface area contributed by atoms with Crippen LogP contribution in [0.25, 0.3) is 5.52 Å². The van der Waals surface area contributed by atoms with Crippen LogP contribution in [0, 0.1) is 11.8 Å². The molecule has 5 N–H and O–H groups in total. The first-order chi connectivity index (χ1) is 25.7. The van der Waals surface area contributed by atoms with Crippen LogP contribution < -0.4 is 21.1 Å². The summed E-state index contributed by atoms with van der Waals surface area (Å²) in [6.45, 7) is 12.0. The zero-order valence-corrected chi connectivity index (χ0v) is 33.4. The highest BCUT2D eigenvalue weighted by atomic mass is 31.2. The fourth-order valence-electron chi connectivity index (χ4n) is 5.67. The predicted octanol–water partition coefficient (Wildman–Crippen LogP) is 3.24. The van der Waals surface area contributed by atoms with E-state index in [9.17, 15) is 23.7 Å². The topological polar surface area (TPSA) is 244 Å². The minimum atomic E-state index is -4.52. The van der Waals surface area contributed by atoms with Crippen molar-refractivity contribution in [1.29, 1.82) is 0 Å². The van der Waals surface area contributed by atoms with Crippen molar-refractivity contribution in [2.24, 2.45) is 17.6 Å². The van der Waals surface area contributed by atoms with Gasteiger partial charge in [-0.2, -0.15) is 10.2 Å². The lowest BCUT2D eigenvalue weighted by atomic mass is 9.85. The minimum absolute atomic E-state index is 0.0624. The number of hydrogen-bond donors (Lipinski definition) is 3. The maximum absolute atomic E-state index is 14.5. The molecule has 0 spiro atoms. The first-order valence-electron chi connectivity index (χ1n) is 17.7. The number of fused-ring (bicyclic) bond motifs is 1. The van der Waals surface area contributed by atoms with Gasteiger partial charge in [-0.1, -0.05) is 39.8 Å². The van der Waals surface area contributed by atoms with Crippen LogP contribution in [0.4, 0.5) is 5.82 Å². The SMILES string of the molecule is COC(=O)[C@H](C)N[P@@](=O)(OC[C@@]1(C)OC[C@](OC(=O)C(C)C)(c2ccc3c(N)ncnn23)[C@@H]1OC(=O)C(C)C)Oc1ccc(C[C@H](N)C(=O)OC(C)C)cc1. The predicted molar refractivity (Wildman–Crippen MR) is 197 cm³/mol. The third-order valence-corrected chi connectivity index (χ3v) is 10.3. The van der Waals surface area contributed by atoms with E-state index in [2.05, 4.69) is 15.2 Å². The summed E-state index contributed by atoms with van der Waals surface area (Å²) in [5, 5.41) is 6.92. The standard InChI is InChI=1S/C36H51N6O12P/c1-20(2)30(43)52-34-35(8,49-18-36(34,53-31(44)21(3)4)28-15-14-27-29(38)39-19-40-42(27)28)17-50-55(47,41-23(7)32(45)48-9)54-25-12-10-24(11-13-25)16-26(37)33(46)51-22(5)6/h10-15,19-23,26,34H,16-18,37H2,1-9H3,(H,41,47)(H2,38,39,40)/t23-,26-,34+,35+,36-,55+/m0/s1. The van der Waals surface area contributed by atoms with E-state index in [1.807, 2.05) is 0 Å². The van der Waals surface area contributed by atoms with Crippen molar-refractivity contribution >= 4 is 43.0 Å². The van der Waals surface area contributed by atoms with Gasteiger partial charge in [-0.15, -0.1) is 0 Å². The molecule has 4 rings (SSSR count). The van der Waals surface area contributed by atoms with E-state index in [0.717, 1.165) is 7.11 Å². The average molecular weight is 791 g/mol. The number of benzene rings is 1. The van der Waals surface area contributed by atoms with Crippen LogP contribution in [0.15, 0.2) is 42.7 Å². The molecule has 19 heteroatoms. The van der Waals surface area contributed by atoms with Gasteiger partial charge in [0.15, 0.2) is 11.9 Å². The number of nitrogens with zero attached hydrogens (tertiary/aromatic N) is 3. The third-order valence-electron chi connectivity index (χ3n) is 8.66. The van der Waals surface area contributed by atoms with Crippen LogP contribution in [0.1, 0.15) is 66.6 Å². The molecule has 1 aliphatic heterocycles. The fraction of sp³-hybridized carbons (Fsp3) is 0.556. The summed E-state index contributed by atoms with van der Waals surface area (Å²) in [5.41, 5.74) is 9.95. The van der Waals surface area contributed by atoms with Crippen molar-refractivity contribution in [1.82, 2.24) is 19.7 Å². The van der Waals surface area contributed by atoms with E-state index in [1.165, 1.54) is 36.8 Å². The van der Waals surface area contributed by atoms with Crippen LogP contribution in [0.3, 0.4) is 0 Å². The van der Waals surface area contributed by atoms with Gasteiger partial charge in [0, 0.05) is 0 Å². The Balaban J connectivity index is 1.72. The van der Waals surface area contributed by atoms with Gasteiger partial charge in [-0.25, -0.2) is 14.1 Å². The number of nitrogen functional groups attached to an aromatic ring is 1. The molecule has 18 nitrogen and oxygen atoms in total. The Bertz CT molecular complexity index is 1900. The van der Waals surface area contributed by atoms with Gasteiger partial charge < -0.3 is 39.7 Å². The van der Waals surface area contributed by atoms with Gasteiger partial charge in [0.25, 0.3) is 0 Å². The van der Waals surface area contributed by atoms with Crippen molar-refractivity contribution in [3.05, 3.63) is 54.0 Å². The van der Waals surface area contributed by atoms with E-state index in [4.69, 9.17) is 44.2 Å². The van der Waals surface area contributed by atoms with E-state index in [-0.39, 0.29) is 36.4 Å². The molecule has 2 aromatic heterocycles. The molecule has 302 valence electrons. The molecule has 3 aromatic rings. The summed E-state index contributed by atoms with van der Waals surface area (Å²) in [6, 6.07) is 7.33. The van der Waals surface area contributed by atoms with Crippen molar-refractivity contribution in [3.63, 3.8) is 0 Å². The Morgan fingerprint density at radius 1 is 0.982 bits per heavy atom. The highest BCUT2D eigenvalue weighted by molar-refractivity contribution is 7.52.